The van der Waals surface area contributed by atoms with E-state index in [2.05, 4.69) is 38.3 Å². The highest BCUT2D eigenvalue weighted by Crippen LogP contribution is 2.33. The van der Waals surface area contributed by atoms with Crippen molar-refractivity contribution in [2.24, 2.45) is 35.5 Å². The van der Waals surface area contributed by atoms with Crippen LogP contribution in [0.25, 0.3) is 0 Å². The van der Waals surface area contributed by atoms with Gasteiger partial charge in [0.1, 0.15) is 11.2 Å². The summed E-state index contributed by atoms with van der Waals surface area (Å²) >= 11 is 1.90. The number of alkyl carbamates (subject to hydrolysis) is 2. The summed E-state index contributed by atoms with van der Waals surface area (Å²) in [7, 11) is 0. The van der Waals surface area contributed by atoms with Crippen LogP contribution in [0.4, 0.5) is 9.59 Å². The second-order valence-corrected chi connectivity index (χ2v) is 19.2. The molecule has 49 heavy (non-hydrogen) atoms. The smallest absolute Gasteiger partial charge is 0.407 e. The third-order valence-corrected chi connectivity index (χ3v) is 11.9. The van der Waals surface area contributed by atoms with Crippen LogP contribution in [0.1, 0.15) is 159 Å². The maximum Gasteiger partial charge on any atom is 0.407 e. The average Bonchev–Trinajstić information content (AvgIpc) is 2.98. The Balaban J connectivity index is 2.04. The van der Waals surface area contributed by atoms with Crippen LogP contribution >= 0.6 is 11.8 Å². The molecular formula is C40H76N2O6S. The Labute approximate surface area is 304 Å². The van der Waals surface area contributed by atoms with Crippen LogP contribution in [0.15, 0.2) is 0 Å². The van der Waals surface area contributed by atoms with Crippen LogP contribution < -0.4 is 10.6 Å². The molecule has 9 heteroatoms. The van der Waals surface area contributed by atoms with Gasteiger partial charge in [-0.1, -0.05) is 91.9 Å². The highest BCUT2D eigenvalue weighted by molar-refractivity contribution is 7.99. The van der Waals surface area contributed by atoms with E-state index in [1.54, 1.807) is 0 Å². The van der Waals surface area contributed by atoms with Crippen LogP contribution in [-0.4, -0.2) is 69.4 Å². The van der Waals surface area contributed by atoms with Crippen molar-refractivity contribution in [2.75, 3.05) is 11.5 Å². The first kappa shape index (κ1) is 44.0. The Morgan fingerprint density at radius 2 is 0.959 bits per heavy atom. The van der Waals surface area contributed by atoms with Crippen LogP contribution in [-0.2, 0) is 9.47 Å². The molecule has 2 saturated carbocycles. The molecule has 4 N–H and O–H groups in total. The average molecular weight is 713 g/mol. The minimum atomic E-state index is -0.648. The van der Waals surface area contributed by atoms with E-state index in [1.165, 1.54) is 38.5 Å². The molecule has 2 fully saturated rings. The zero-order chi connectivity index (χ0) is 36.8. The molecule has 6 unspecified atom stereocenters. The Morgan fingerprint density at radius 3 is 1.24 bits per heavy atom. The topological polar surface area (TPSA) is 117 Å². The second kappa shape index (κ2) is 21.4. The molecular weight excluding hydrogens is 637 g/mol. The number of nitrogens with one attached hydrogen (secondary N) is 2. The van der Waals surface area contributed by atoms with E-state index in [9.17, 15) is 19.8 Å². The zero-order valence-electron chi connectivity index (χ0n) is 33.0. The molecule has 2 rings (SSSR count). The van der Waals surface area contributed by atoms with E-state index in [-0.39, 0.29) is 23.9 Å². The van der Waals surface area contributed by atoms with Gasteiger partial charge in [0.15, 0.2) is 0 Å². The molecule has 0 saturated heterocycles. The molecule has 288 valence electrons. The van der Waals surface area contributed by atoms with Gasteiger partial charge in [-0.15, -0.1) is 0 Å². The third-order valence-electron chi connectivity index (χ3n) is 10.6. The monoisotopic (exact) mass is 713 g/mol. The first-order valence-corrected chi connectivity index (χ1v) is 20.9. The van der Waals surface area contributed by atoms with Crippen LogP contribution in [0.5, 0.6) is 0 Å². The normalized spacial score (nSPS) is 20.7. The van der Waals surface area contributed by atoms with Gasteiger partial charge in [0.25, 0.3) is 0 Å². The lowest BCUT2D eigenvalue weighted by Gasteiger charge is -2.34. The summed E-state index contributed by atoms with van der Waals surface area (Å²) in [6.07, 6.45) is 12.6. The molecule has 0 heterocycles. The summed E-state index contributed by atoms with van der Waals surface area (Å²) in [5.41, 5.74) is -1.19. The number of carbonyl (C=O) groups excluding carboxylic acids is 2. The van der Waals surface area contributed by atoms with E-state index in [1.807, 2.05) is 53.3 Å². The number of hydrogen-bond acceptors (Lipinski definition) is 7. The largest absolute Gasteiger partial charge is 0.444 e. The molecule has 0 aromatic heterocycles. The number of amides is 2. The minimum absolute atomic E-state index is 0.278. The number of ether oxygens (including phenoxy) is 2. The molecule has 6 atom stereocenters. The van der Waals surface area contributed by atoms with Gasteiger partial charge in [-0.25, -0.2) is 9.59 Å². The lowest BCUT2D eigenvalue weighted by Crippen LogP contribution is -2.47. The predicted octanol–water partition coefficient (Wildman–Crippen LogP) is 9.49. The number of hydrogen-bond donors (Lipinski definition) is 4. The van der Waals surface area contributed by atoms with Gasteiger partial charge in [-0.05, 0) is 114 Å². The summed E-state index contributed by atoms with van der Waals surface area (Å²) in [5, 5.41) is 29.3. The maximum atomic E-state index is 12.8. The zero-order valence-corrected chi connectivity index (χ0v) is 33.8. The molecule has 8 nitrogen and oxygen atoms in total. The number of carbonyl (C=O) groups is 2. The first-order valence-electron chi connectivity index (χ1n) is 19.8. The van der Waals surface area contributed by atoms with Gasteiger partial charge in [0.05, 0.1) is 24.3 Å². The lowest BCUT2D eigenvalue weighted by atomic mass is 9.81. The van der Waals surface area contributed by atoms with Crippen molar-refractivity contribution in [1.29, 1.82) is 0 Å². The highest BCUT2D eigenvalue weighted by atomic mass is 32.2. The Kier molecular flexibility index (Phi) is 19.2. The summed E-state index contributed by atoms with van der Waals surface area (Å²) in [6.45, 7) is 20.1. The SMILES string of the molecule is CC(C)C(CSCC(CC(O)C(CC1CCCCC1)NC(=O)OC(C)(C)C)C(C)C)CC(O)C(CC1CCCCC1)NC(=O)OC(C)(C)C. The van der Waals surface area contributed by atoms with Crippen molar-refractivity contribution >= 4 is 23.9 Å². The van der Waals surface area contributed by atoms with Crippen LogP contribution in [0, 0.1) is 35.5 Å². The summed E-state index contributed by atoms with van der Waals surface area (Å²) in [6, 6.07) is -0.664. The molecule has 0 aliphatic heterocycles. The first-order chi connectivity index (χ1) is 22.8. The molecule has 0 radical (unpaired) electrons. The van der Waals surface area contributed by atoms with E-state index < -0.39 is 35.6 Å². The van der Waals surface area contributed by atoms with Crippen LogP contribution in [0.2, 0.25) is 0 Å². The molecule has 2 aliphatic carbocycles. The second-order valence-electron chi connectivity index (χ2n) is 18.1. The molecule has 0 bridgehead atoms. The van der Waals surface area contributed by atoms with Gasteiger partial charge < -0.3 is 30.3 Å². The van der Waals surface area contributed by atoms with Gasteiger partial charge in [0, 0.05) is 0 Å². The van der Waals surface area contributed by atoms with E-state index >= 15 is 0 Å². The Hall–Kier alpha value is -1.19. The fraction of sp³-hybridized carbons (Fsp3) is 0.950. The van der Waals surface area contributed by atoms with Gasteiger partial charge in [0.2, 0.25) is 0 Å². The van der Waals surface area contributed by atoms with E-state index in [4.69, 9.17) is 9.47 Å². The fourth-order valence-corrected chi connectivity index (χ4v) is 9.27. The Morgan fingerprint density at radius 1 is 0.633 bits per heavy atom. The van der Waals surface area contributed by atoms with Gasteiger partial charge in [-0.2, -0.15) is 11.8 Å². The quantitative estimate of drug-likeness (QED) is 0.112. The number of aliphatic hydroxyl groups excluding tert-OH is 2. The molecule has 0 aromatic carbocycles. The van der Waals surface area contributed by atoms with Crippen molar-refractivity contribution in [1.82, 2.24) is 10.6 Å². The highest BCUT2D eigenvalue weighted by Gasteiger charge is 2.33. The van der Waals surface area contributed by atoms with Crippen molar-refractivity contribution in [3.05, 3.63) is 0 Å². The van der Waals surface area contributed by atoms with E-state index in [0.29, 0.717) is 36.5 Å². The maximum absolute atomic E-state index is 12.8. The van der Waals surface area contributed by atoms with Crippen molar-refractivity contribution in [2.45, 2.75) is 195 Å². The standard InChI is InChI=1S/C40H76N2O6S/c1-27(2)31(23-35(43)33(21-29-17-13-11-14-18-29)41-37(45)47-39(5,6)7)25-49-26-32(28(3)4)24-36(44)34(22-30-19-15-12-16-20-30)42-38(46)48-40(8,9)10/h27-36,43-44H,11-26H2,1-10H3,(H,41,45)(H,42,46). The van der Waals surface area contributed by atoms with Gasteiger partial charge >= 0.3 is 12.2 Å². The fourth-order valence-electron chi connectivity index (χ4n) is 7.49. The number of thioether (sulfide) groups is 1. The predicted molar refractivity (Wildman–Crippen MR) is 204 cm³/mol. The lowest BCUT2D eigenvalue weighted by molar-refractivity contribution is 0.0342. The molecule has 2 aliphatic rings. The van der Waals surface area contributed by atoms with Crippen molar-refractivity contribution in [3.8, 4) is 0 Å². The third kappa shape index (κ3) is 18.7. The Bertz CT molecular complexity index is 862. The summed E-state index contributed by atoms with van der Waals surface area (Å²) < 4.78 is 11.2. The minimum Gasteiger partial charge on any atom is -0.444 e. The molecule has 0 aromatic rings. The number of rotatable bonds is 18. The van der Waals surface area contributed by atoms with Gasteiger partial charge in [-0.3, -0.25) is 0 Å². The summed E-state index contributed by atoms with van der Waals surface area (Å²) in [4.78, 5) is 25.6. The molecule has 0 spiro atoms. The van der Waals surface area contributed by atoms with Crippen LogP contribution in [0.3, 0.4) is 0 Å². The summed E-state index contributed by atoms with van der Waals surface area (Å²) in [5.74, 6) is 4.14. The molecule has 2 amide bonds. The number of aliphatic hydroxyl groups is 2. The van der Waals surface area contributed by atoms with Crippen molar-refractivity contribution in [3.63, 3.8) is 0 Å². The van der Waals surface area contributed by atoms with Crippen molar-refractivity contribution < 1.29 is 29.3 Å². The van der Waals surface area contributed by atoms with E-state index in [0.717, 1.165) is 50.0 Å².